The first-order chi connectivity index (χ1) is 13.8. The van der Waals surface area contributed by atoms with Crippen LogP contribution in [0.4, 0.5) is 0 Å². The molecule has 9 heteroatoms. The van der Waals surface area contributed by atoms with Crippen molar-refractivity contribution in [2.45, 2.75) is 6.54 Å². The van der Waals surface area contributed by atoms with Crippen LogP contribution in [0, 0.1) is 0 Å². The zero-order chi connectivity index (χ0) is 21.1. The van der Waals surface area contributed by atoms with E-state index in [2.05, 4.69) is 9.97 Å². The Labute approximate surface area is 176 Å². The minimum absolute atomic E-state index is 0.154. The van der Waals surface area contributed by atoms with Crippen molar-refractivity contribution in [3.8, 4) is 22.9 Å². The van der Waals surface area contributed by atoms with Crippen molar-refractivity contribution >= 4 is 29.1 Å². The summed E-state index contributed by atoms with van der Waals surface area (Å²) in [5.41, 5.74) is 0.137. The van der Waals surface area contributed by atoms with Crippen LogP contribution < -0.4 is 10.3 Å². The van der Waals surface area contributed by atoms with E-state index in [1.807, 2.05) is 0 Å². The lowest BCUT2D eigenvalue weighted by atomic mass is 10.2. The number of methoxy groups -OCH3 is 1. The van der Waals surface area contributed by atoms with Crippen molar-refractivity contribution in [1.29, 1.82) is 0 Å². The van der Waals surface area contributed by atoms with Crippen LogP contribution in [-0.2, 0) is 6.54 Å². The Morgan fingerprint density at radius 1 is 1.17 bits per heavy atom. The van der Waals surface area contributed by atoms with Gasteiger partial charge in [0, 0.05) is 19.2 Å². The second kappa shape index (κ2) is 8.55. The van der Waals surface area contributed by atoms with E-state index in [0.717, 1.165) is 5.56 Å². The maximum atomic E-state index is 12.8. The monoisotopic (exact) mass is 433 g/mol. The van der Waals surface area contributed by atoms with E-state index >= 15 is 0 Å². The van der Waals surface area contributed by atoms with Gasteiger partial charge in [-0.25, -0.2) is 4.98 Å². The number of hydrogen-bond donors (Lipinski definition) is 2. The van der Waals surface area contributed by atoms with E-state index in [9.17, 15) is 14.7 Å². The normalized spacial score (nSPS) is 10.6. The van der Waals surface area contributed by atoms with Gasteiger partial charge in [0.1, 0.15) is 11.6 Å². The minimum Gasteiger partial charge on any atom is -0.501 e. The maximum Gasteiger partial charge on any atom is 0.294 e. The van der Waals surface area contributed by atoms with E-state index < -0.39 is 17.2 Å². The minimum atomic E-state index is -0.808. The van der Waals surface area contributed by atoms with Crippen LogP contribution in [0.15, 0.2) is 47.3 Å². The molecule has 0 atom stereocenters. The number of carbonyl (C=O) groups is 1. The number of aromatic amines is 1. The maximum absolute atomic E-state index is 12.8. The molecule has 1 amide bonds. The number of aromatic hydroxyl groups is 1. The molecular weight excluding hydrogens is 417 g/mol. The van der Waals surface area contributed by atoms with Gasteiger partial charge in [0.05, 0.1) is 17.2 Å². The molecule has 0 unspecified atom stereocenters. The lowest BCUT2D eigenvalue weighted by molar-refractivity contribution is 0.0775. The average Bonchev–Trinajstić information content (AvgIpc) is 2.72. The number of H-pyrrole nitrogens is 1. The van der Waals surface area contributed by atoms with E-state index in [0.29, 0.717) is 21.4 Å². The van der Waals surface area contributed by atoms with Gasteiger partial charge < -0.3 is 19.7 Å². The van der Waals surface area contributed by atoms with Gasteiger partial charge >= 0.3 is 0 Å². The second-order valence-corrected chi connectivity index (χ2v) is 7.06. The Morgan fingerprint density at radius 3 is 2.48 bits per heavy atom. The predicted molar refractivity (Wildman–Crippen MR) is 111 cm³/mol. The highest BCUT2D eigenvalue weighted by Gasteiger charge is 2.22. The third kappa shape index (κ3) is 4.52. The molecule has 0 aliphatic heterocycles. The fourth-order valence-electron chi connectivity index (χ4n) is 2.67. The van der Waals surface area contributed by atoms with Crippen LogP contribution in [0.2, 0.25) is 10.0 Å². The predicted octanol–water partition coefficient (Wildman–Crippen LogP) is 3.73. The van der Waals surface area contributed by atoms with E-state index in [4.69, 9.17) is 27.9 Å². The highest BCUT2D eigenvalue weighted by Crippen LogP contribution is 2.24. The Kier molecular flexibility index (Phi) is 6.10. The van der Waals surface area contributed by atoms with E-state index in [1.54, 1.807) is 42.5 Å². The molecule has 0 bridgehead atoms. The van der Waals surface area contributed by atoms with Gasteiger partial charge in [0.25, 0.3) is 11.5 Å². The number of carbonyl (C=O) groups excluding carboxylic acids is 1. The summed E-state index contributed by atoms with van der Waals surface area (Å²) < 4.78 is 5.10. The van der Waals surface area contributed by atoms with Gasteiger partial charge in [-0.3, -0.25) is 9.59 Å². The molecule has 0 spiro atoms. The highest BCUT2D eigenvalue weighted by atomic mass is 35.5. The molecule has 29 heavy (non-hydrogen) atoms. The number of halogens is 2. The van der Waals surface area contributed by atoms with Crippen molar-refractivity contribution in [1.82, 2.24) is 14.9 Å². The van der Waals surface area contributed by atoms with E-state index in [1.165, 1.54) is 19.1 Å². The summed E-state index contributed by atoms with van der Waals surface area (Å²) >= 11 is 11.9. The number of rotatable bonds is 5. The van der Waals surface area contributed by atoms with E-state index in [-0.39, 0.29) is 18.1 Å². The fraction of sp³-hybridized carbons (Fsp3) is 0.150. The molecule has 0 fully saturated rings. The SMILES string of the molecule is COc1ccc(-c2nc(C(=O)N(C)Cc3ccc(Cl)c(Cl)c3)c(O)c(=O)[nH]2)cc1. The Morgan fingerprint density at radius 2 is 1.86 bits per heavy atom. The van der Waals surface area contributed by atoms with Gasteiger partial charge in [0.2, 0.25) is 5.75 Å². The van der Waals surface area contributed by atoms with Gasteiger partial charge in [-0.1, -0.05) is 29.3 Å². The molecule has 0 saturated carbocycles. The zero-order valence-corrected chi connectivity index (χ0v) is 17.1. The molecule has 2 aromatic carbocycles. The summed E-state index contributed by atoms with van der Waals surface area (Å²) in [7, 11) is 3.07. The highest BCUT2D eigenvalue weighted by molar-refractivity contribution is 6.42. The van der Waals surface area contributed by atoms with Crippen molar-refractivity contribution in [3.05, 3.63) is 74.1 Å². The smallest absolute Gasteiger partial charge is 0.294 e. The molecule has 3 rings (SSSR count). The van der Waals surface area contributed by atoms with Gasteiger partial charge in [0.15, 0.2) is 5.69 Å². The lowest BCUT2D eigenvalue weighted by Crippen LogP contribution is -2.29. The zero-order valence-electron chi connectivity index (χ0n) is 15.6. The van der Waals surface area contributed by atoms with Gasteiger partial charge in [-0.05, 0) is 42.0 Å². The van der Waals surface area contributed by atoms with Crippen LogP contribution in [0.1, 0.15) is 16.1 Å². The Balaban J connectivity index is 1.91. The molecular formula is C20H17Cl2N3O4. The number of benzene rings is 2. The van der Waals surface area contributed by atoms with Crippen LogP contribution >= 0.6 is 23.2 Å². The molecule has 7 nitrogen and oxygen atoms in total. The summed E-state index contributed by atoms with van der Waals surface area (Å²) in [5.74, 6) is -0.572. The molecule has 1 aromatic heterocycles. The van der Waals surface area contributed by atoms with Crippen molar-refractivity contribution in [3.63, 3.8) is 0 Å². The summed E-state index contributed by atoms with van der Waals surface area (Å²) in [5, 5.41) is 10.9. The molecule has 0 aliphatic rings. The molecule has 150 valence electrons. The molecule has 0 aliphatic carbocycles. The number of hydrogen-bond acceptors (Lipinski definition) is 5. The molecule has 0 radical (unpaired) electrons. The summed E-state index contributed by atoms with van der Waals surface area (Å²) in [6, 6.07) is 11.7. The standard InChI is InChI=1S/C20H17Cl2N3O4/c1-25(10-11-3-8-14(21)15(22)9-11)20(28)16-17(26)19(27)24-18(23-16)12-4-6-13(29-2)7-5-12/h3-9,26H,10H2,1-2H3,(H,23,24,27). The Hall–Kier alpha value is -3.03. The quantitative estimate of drug-likeness (QED) is 0.638. The summed E-state index contributed by atoms with van der Waals surface area (Å²) in [6.07, 6.45) is 0. The van der Waals surface area contributed by atoms with Gasteiger partial charge in [-0.2, -0.15) is 0 Å². The fourth-order valence-corrected chi connectivity index (χ4v) is 2.99. The molecule has 0 saturated heterocycles. The Bertz CT molecular complexity index is 1110. The first-order valence-electron chi connectivity index (χ1n) is 8.47. The first-order valence-corrected chi connectivity index (χ1v) is 9.23. The third-order valence-corrected chi connectivity index (χ3v) is 4.95. The number of ether oxygens (including phenoxy) is 1. The number of nitrogens with one attached hydrogen (secondary N) is 1. The van der Waals surface area contributed by atoms with Crippen LogP contribution in [0.3, 0.4) is 0 Å². The van der Waals surface area contributed by atoms with Crippen molar-refractivity contribution in [2.24, 2.45) is 0 Å². The van der Waals surface area contributed by atoms with Crippen molar-refractivity contribution in [2.75, 3.05) is 14.2 Å². The van der Waals surface area contributed by atoms with Crippen LogP contribution in [0.25, 0.3) is 11.4 Å². The summed E-state index contributed by atoms with van der Waals surface area (Å²) in [6.45, 7) is 0.182. The largest absolute Gasteiger partial charge is 0.501 e. The number of amides is 1. The number of aromatic nitrogens is 2. The molecule has 3 aromatic rings. The van der Waals surface area contributed by atoms with Crippen LogP contribution in [0.5, 0.6) is 11.5 Å². The second-order valence-electron chi connectivity index (χ2n) is 6.25. The summed E-state index contributed by atoms with van der Waals surface area (Å²) in [4.78, 5) is 32.9. The third-order valence-electron chi connectivity index (χ3n) is 4.21. The first kappa shape index (κ1) is 20.7. The molecule has 1 heterocycles. The lowest BCUT2D eigenvalue weighted by Gasteiger charge is -2.18. The topological polar surface area (TPSA) is 95.5 Å². The van der Waals surface area contributed by atoms with Crippen LogP contribution in [-0.4, -0.2) is 40.0 Å². The molecule has 2 N–H and O–H groups in total. The van der Waals surface area contributed by atoms with Crippen molar-refractivity contribution < 1.29 is 14.6 Å². The van der Waals surface area contributed by atoms with Gasteiger partial charge in [-0.15, -0.1) is 0 Å². The number of nitrogens with zero attached hydrogens (tertiary/aromatic N) is 2. The average molecular weight is 434 g/mol.